The van der Waals surface area contributed by atoms with Crippen molar-refractivity contribution < 1.29 is 14.3 Å². The van der Waals surface area contributed by atoms with Crippen LogP contribution in [0.1, 0.15) is 20.8 Å². The van der Waals surface area contributed by atoms with Crippen LogP contribution in [0, 0.1) is 0 Å². The molecule has 0 bridgehead atoms. The van der Waals surface area contributed by atoms with Crippen molar-refractivity contribution in [3.63, 3.8) is 0 Å². The van der Waals surface area contributed by atoms with Crippen LogP contribution in [-0.4, -0.2) is 19.2 Å². The second kappa shape index (κ2) is 8.87. The van der Waals surface area contributed by atoms with Gasteiger partial charge in [-0.15, -0.1) is 0 Å². The molecular weight excluding hydrogens is 286 g/mol. The number of halogens is 1. The van der Waals surface area contributed by atoms with Gasteiger partial charge in [-0.1, -0.05) is 28.1 Å². The fraction of sp³-hybridized carbons (Fsp3) is 0.417. The number of ether oxygens (including phenoxy) is 2. The van der Waals surface area contributed by atoms with Gasteiger partial charge in [-0.2, -0.15) is 0 Å². The molecule has 0 radical (unpaired) electrons. The Balaban J connectivity index is 4.42. The third-order valence-corrected chi connectivity index (χ3v) is 2.47. The molecular formula is C12H18BrNO3. The van der Waals surface area contributed by atoms with E-state index < -0.39 is 0 Å². The predicted octanol–water partition coefficient (Wildman–Crippen LogP) is 2.61. The van der Waals surface area contributed by atoms with Crippen LogP contribution in [0.5, 0.6) is 0 Å². The van der Waals surface area contributed by atoms with E-state index in [0.29, 0.717) is 11.5 Å². The van der Waals surface area contributed by atoms with Crippen LogP contribution in [0.25, 0.3) is 0 Å². The molecule has 0 aromatic carbocycles. The minimum Gasteiger partial charge on any atom is -0.488 e. The van der Waals surface area contributed by atoms with E-state index in [2.05, 4.69) is 15.9 Å². The Labute approximate surface area is 110 Å². The molecule has 4 nitrogen and oxygen atoms in total. The van der Waals surface area contributed by atoms with Crippen LogP contribution in [-0.2, 0) is 14.3 Å². The first-order valence-corrected chi connectivity index (χ1v) is 6.02. The van der Waals surface area contributed by atoms with Crippen LogP contribution in [0.15, 0.2) is 34.2 Å². The Morgan fingerprint density at radius 2 is 1.82 bits per heavy atom. The van der Waals surface area contributed by atoms with Crippen LogP contribution in [0.4, 0.5) is 0 Å². The van der Waals surface area contributed by atoms with Crippen molar-refractivity contribution in [2.75, 3.05) is 13.2 Å². The number of hydrogen-bond donors (Lipinski definition) is 1. The maximum Gasteiger partial charge on any atom is 0.302 e. The third kappa shape index (κ3) is 7.63. The Bertz CT molecular complexity index is 346. The summed E-state index contributed by atoms with van der Waals surface area (Å²) >= 11 is 3.34. The van der Waals surface area contributed by atoms with Gasteiger partial charge in [0.25, 0.3) is 0 Å². The Hall–Kier alpha value is -1.23. The van der Waals surface area contributed by atoms with Crippen LogP contribution in [0.2, 0.25) is 0 Å². The fourth-order valence-corrected chi connectivity index (χ4v) is 1.10. The molecule has 0 heterocycles. The number of rotatable bonds is 6. The summed E-state index contributed by atoms with van der Waals surface area (Å²) in [6, 6.07) is 0. The molecule has 0 spiro atoms. The molecule has 0 saturated heterocycles. The molecule has 0 aliphatic carbocycles. The summed E-state index contributed by atoms with van der Waals surface area (Å²) in [5, 5.41) is 0. The number of nitrogens with two attached hydrogens (primary N) is 1. The highest BCUT2D eigenvalue weighted by Crippen LogP contribution is 2.14. The van der Waals surface area contributed by atoms with Crippen molar-refractivity contribution in [2.24, 2.45) is 5.73 Å². The molecule has 5 heteroatoms. The average Bonchev–Trinajstić information content (AvgIpc) is 2.31. The van der Waals surface area contributed by atoms with E-state index in [-0.39, 0.29) is 19.2 Å². The largest absolute Gasteiger partial charge is 0.488 e. The highest BCUT2D eigenvalue weighted by Gasteiger charge is 2.03. The standard InChI is InChI=1S/C12H18BrNO3/c1-4-10(13)8-12(11(14)5-2)17-7-6-16-9(3)15/h4-5,8H,6-7,14H2,1-3H3/b10-4+,11-5+,12-8+. The first kappa shape index (κ1) is 15.8. The van der Waals surface area contributed by atoms with Gasteiger partial charge in [-0.3, -0.25) is 4.79 Å². The summed E-state index contributed by atoms with van der Waals surface area (Å²) in [5.74, 6) is 0.220. The van der Waals surface area contributed by atoms with Gasteiger partial charge >= 0.3 is 5.97 Å². The van der Waals surface area contributed by atoms with Crippen molar-refractivity contribution in [1.82, 2.24) is 0 Å². The van der Waals surface area contributed by atoms with Gasteiger partial charge < -0.3 is 15.2 Å². The molecule has 0 rings (SSSR count). The fourth-order valence-electron chi connectivity index (χ4n) is 0.896. The van der Waals surface area contributed by atoms with E-state index in [0.717, 1.165) is 4.48 Å². The highest BCUT2D eigenvalue weighted by atomic mass is 79.9. The van der Waals surface area contributed by atoms with Gasteiger partial charge in [0.1, 0.15) is 19.0 Å². The maximum atomic E-state index is 10.6. The van der Waals surface area contributed by atoms with Crippen molar-refractivity contribution >= 4 is 21.9 Å². The zero-order chi connectivity index (χ0) is 13.3. The summed E-state index contributed by atoms with van der Waals surface area (Å²) < 4.78 is 11.1. The van der Waals surface area contributed by atoms with E-state index in [1.165, 1.54) is 6.92 Å². The molecule has 96 valence electrons. The minimum absolute atomic E-state index is 0.205. The summed E-state index contributed by atoms with van der Waals surface area (Å²) in [4.78, 5) is 10.6. The second-order valence-corrected chi connectivity index (χ2v) is 4.03. The summed E-state index contributed by atoms with van der Waals surface area (Å²) in [5.41, 5.74) is 6.31. The third-order valence-electron chi connectivity index (χ3n) is 1.79. The Kier molecular flexibility index (Phi) is 8.23. The van der Waals surface area contributed by atoms with Gasteiger partial charge in [0.2, 0.25) is 0 Å². The van der Waals surface area contributed by atoms with Crippen molar-refractivity contribution in [1.29, 1.82) is 0 Å². The van der Waals surface area contributed by atoms with Crippen molar-refractivity contribution in [3.8, 4) is 0 Å². The van der Waals surface area contributed by atoms with Gasteiger partial charge in [0.05, 0.1) is 5.70 Å². The first-order valence-electron chi connectivity index (χ1n) is 5.23. The molecule has 2 N–H and O–H groups in total. The second-order valence-electron chi connectivity index (χ2n) is 3.11. The first-order chi connectivity index (χ1) is 8.01. The summed E-state index contributed by atoms with van der Waals surface area (Å²) in [6.45, 7) is 5.54. The highest BCUT2D eigenvalue weighted by molar-refractivity contribution is 9.11. The molecule has 0 aromatic rings. The zero-order valence-corrected chi connectivity index (χ0v) is 11.9. The minimum atomic E-state index is -0.326. The lowest BCUT2D eigenvalue weighted by Gasteiger charge is -2.10. The summed E-state index contributed by atoms with van der Waals surface area (Å²) in [7, 11) is 0. The van der Waals surface area contributed by atoms with Gasteiger partial charge in [-0.05, 0) is 19.9 Å². The normalized spacial score (nSPS) is 13.5. The monoisotopic (exact) mass is 303 g/mol. The number of allylic oxidation sites excluding steroid dienone is 4. The topological polar surface area (TPSA) is 61.5 Å². The number of hydrogen-bond acceptors (Lipinski definition) is 4. The molecule has 0 fully saturated rings. The molecule has 0 unspecified atom stereocenters. The quantitative estimate of drug-likeness (QED) is 0.355. The lowest BCUT2D eigenvalue weighted by molar-refractivity contribution is -0.142. The Morgan fingerprint density at radius 3 is 2.29 bits per heavy atom. The van der Waals surface area contributed by atoms with Crippen molar-refractivity contribution in [2.45, 2.75) is 20.8 Å². The van der Waals surface area contributed by atoms with E-state index in [9.17, 15) is 4.79 Å². The van der Waals surface area contributed by atoms with E-state index in [1.54, 1.807) is 12.2 Å². The number of carbonyl (C=O) groups excluding carboxylic acids is 1. The molecule has 0 amide bonds. The molecule has 17 heavy (non-hydrogen) atoms. The Morgan fingerprint density at radius 1 is 1.24 bits per heavy atom. The average molecular weight is 304 g/mol. The van der Waals surface area contributed by atoms with Gasteiger partial charge in [-0.25, -0.2) is 0 Å². The zero-order valence-electron chi connectivity index (χ0n) is 10.3. The number of esters is 1. The van der Waals surface area contributed by atoms with E-state index >= 15 is 0 Å². The smallest absolute Gasteiger partial charge is 0.302 e. The molecule has 0 aliphatic rings. The lowest BCUT2D eigenvalue weighted by atomic mass is 10.3. The lowest BCUT2D eigenvalue weighted by Crippen LogP contribution is -2.11. The van der Waals surface area contributed by atoms with E-state index in [1.807, 2.05) is 19.9 Å². The van der Waals surface area contributed by atoms with Crippen molar-refractivity contribution in [3.05, 3.63) is 34.2 Å². The van der Waals surface area contributed by atoms with Crippen LogP contribution < -0.4 is 5.73 Å². The van der Waals surface area contributed by atoms with Gasteiger partial charge in [0.15, 0.2) is 0 Å². The maximum absolute atomic E-state index is 10.6. The SMILES string of the molecule is C\C=C(Br)/C=C(OCCOC(C)=O)\C(N)=C/C. The van der Waals surface area contributed by atoms with E-state index in [4.69, 9.17) is 15.2 Å². The van der Waals surface area contributed by atoms with Crippen LogP contribution >= 0.6 is 15.9 Å². The molecule has 0 saturated carbocycles. The summed E-state index contributed by atoms with van der Waals surface area (Å²) in [6.07, 6.45) is 5.38. The molecule has 0 atom stereocenters. The predicted molar refractivity (Wildman–Crippen MR) is 71.3 cm³/mol. The van der Waals surface area contributed by atoms with Crippen LogP contribution in [0.3, 0.4) is 0 Å². The van der Waals surface area contributed by atoms with Gasteiger partial charge in [0, 0.05) is 11.4 Å². The molecule has 0 aromatic heterocycles. The molecule has 0 aliphatic heterocycles. The number of carbonyl (C=O) groups is 1.